The van der Waals surface area contributed by atoms with E-state index in [1.54, 1.807) is 14.0 Å². The third kappa shape index (κ3) is 3.88. The maximum absolute atomic E-state index is 11.0. The van der Waals surface area contributed by atoms with Gasteiger partial charge in [-0.2, -0.15) is 0 Å². The second-order valence-electron chi connectivity index (χ2n) is 5.31. The number of hydrogen-bond acceptors (Lipinski definition) is 3. The van der Waals surface area contributed by atoms with Crippen LogP contribution in [0.15, 0.2) is 16.6 Å². The van der Waals surface area contributed by atoms with Crippen LogP contribution in [0.4, 0.5) is 0 Å². The van der Waals surface area contributed by atoms with Crippen molar-refractivity contribution >= 4 is 21.9 Å². The lowest BCUT2D eigenvalue weighted by molar-refractivity contribution is -0.141. The first-order valence-electron chi connectivity index (χ1n) is 6.73. The summed E-state index contributed by atoms with van der Waals surface area (Å²) in [7, 11) is 1.60. The molecule has 20 heavy (non-hydrogen) atoms. The van der Waals surface area contributed by atoms with Gasteiger partial charge in [-0.25, -0.2) is 0 Å². The van der Waals surface area contributed by atoms with Crippen molar-refractivity contribution in [2.24, 2.45) is 11.8 Å². The Morgan fingerprint density at radius 1 is 1.50 bits per heavy atom. The summed E-state index contributed by atoms with van der Waals surface area (Å²) in [4.78, 5) is 11.0. The van der Waals surface area contributed by atoms with Crippen molar-refractivity contribution in [3.05, 3.63) is 22.2 Å². The van der Waals surface area contributed by atoms with Crippen molar-refractivity contribution in [1.82, 2.24) is 0 Å². The molecule has 0 aliphatic heterocycles. The van der Waals surface area contributed by atoms with Gasteiger partial charge in [-0.15, -0.1) is 0 Å². The molecule has 0 aromatic heterocycles. The number of ether oxygens (including phenoxy) is 2. The molecule has 0 bridgehead atoms. The molecule has 1 N–H and O–H groups in total. The predicted molar refractivity (Wildman–Crippen MR) is 79.4 cm³/mol. The SMILES string of the molecule is COc1c(Br)cc(CC(C)C(=O)O)cc1OCC1CC1. The molecule has 1 aromatic carbocycles. The van der Waals surface area contributed by atoms with Crippen LogP contribution < -0.4 is 9.47 Å². The van der Waals surface area contributed by atoms with Crippen LogP contribution in [-0.2, 0) is 11.2 Å². The lowest BCUT2D eigenvalue weighted by Crippen LogP contribution is -2.12. The number of carboxylic acids is 1. The van der Waals surface area contributed by atoms with Gasteiger partial charge in [-0.1, -0.05) is 6.92 Å². The van der Waals surface area contributed by atoms with Crippen molar-refractivity contribution < 1.29 is 19.4 Å². The number of carbonyl (C=O) groups is 1. The van der Waals surface area contributed by atoms with E-state index < -0.39 is 11.9 Å². The lowest BCUT2D eigenvalue weighted by atomic mass is 10.0. The van der Waals surface area contributed by atoms with Gasteiger partial charge in [0.15, 0.2) is 11.5 Å². The summed E-state index contributed by atoms with van der Waals surface area (Å²) in [6.07, 6.45) is 2.91. The van der Waals surface area contributed by atoms with Crippen LogP contribution >= 0.6 is 15.9 Å². The summed E-state index contributed by atoms with van der Waals surface area (Å²) >= 11 is 3.46. The van der Waals surface area contributed by atoms with Crippen molar-refractivity contribution in [2.45, 2.75) is 26.2 Å². The molecule has 0 spiro atoms. The van der Waals surface area contributed by atoms with E-state index in [-0.39, 0.29) is 0 Å². The summed E-state index contributed by atoms with van der Waals surface area (Å²) in [5, 5.41) is 9.00. The molecule has 110 valence electrons. The largest absolute Gasteiger partial charge is 0.492 e. The molecule has 0 saturated heterocycles. The first-order chi connectivity index (χ1) is 9.51. The van der Waals surface area contributed by atoms with Gasteiger partial charge in [0, 0.05) is 0 Å². The number of hydrogen-bond donors (Lipinski definition) is 1. The van der Waals surface area contributed by atoms with Crippen LogP contribution in [0, 0.1) is 11.8 Å². The number of benzene rings is 1. The molecule has 2 rings (SSSR count). The Morgan fingerprint density at radius 3 is 2.75 bits per heavy atom. The zero-order chi connectivity index (χ0) is 14.7. The van der Waals surface area contributed by atoms with Gasteiger partial charge < -0.3 is 14.6 Å². The van der Waals surface area contributed by atoms with E-state index in [2.05, 4.69) is 15.9 Å². The third-order valence-corrected chi connectivity index (χ3v) is 4.00. The number of halogens is 1. The third-order valence-electron chi connectivity index (χ3n) is 3.41. The molecule has 1 atom stereocenters. The van der Waals surface area contributed by atoms with Gasteiger partial charge in [-0.05, 0) is 58.8 Å². The molecule has 1 fully saturated rings. The smallest absolute Gasteiger partial charge is 0.306 e. The maximum atomic E-state index is 11.0. The van der Waals surface area contributed by atoms with Crippen LogP contribution in [0.25, 0.3) is 0 Å². The highest BCUT2D eigenvalue weighted by Gasteiger charge is 2.23. The van der Waals surface area contributed by atoms with Crippen LogP contribution in [-0.4, -0.2) is 24.8 Å². The van der Waals surface area contributed by atoms with Gasteiger partial charge in [0.1, 0.15) is 0 Å². The van der Waals surface area contributed by atoms with E-state index in [4.69, 9.17) is 14.6 Å². The maximum Gasteiger partial charge on any atom is 0.306 e. The van der Waals surface area contributed by atoms with Crippen molar-refractivity contribution in [2.75, 3.05) is 13.7 Å². The molecule has 1 unspecified atom stereocenters. The van der Waals surface area contributed by atoms with E-state index in [0.29, 0.717) is 30.4 Å². The van der Waals surface area contributed by atoms with Crippen molar-refractivity contribution in [1.29, 1.82) is 0 Å². The minimum absolute atomic E-state index is 0.424. The van der Waals surface area contributed by atoms with Crippen LogP contribution in [0.5, 0.6) is 11.5 Å². The molecule has 1 saturated carbocycles. The van der Waals surface area contributed by atoms with Crippen LogP contribution in [0.2, 0.25) is 0 Å². The topological polar surface area (TPSA) is 55.8 Å². The highest BCUT2D eigenvalue weighted by molar-refractivity contribution is 9.10. The fraction of sp³-hybridized carbons (Fsp3) is 0.533. The number of methoxy groups -OCH3 is 1. The minimum Gasteiger partial charge on any atom is -0.492 e. The Balaban J connectivity index is 2.17. The van der Waals surface area contributed by atoms with Crippen molar-refractivity contribution in [3.63, 3.8) is 0 Å². The monoisotopic (exact) mass is 342 g/mol. The Kier molecular flexibility index (Phi) is 4.91. The van der Waals surface area contributed by atoms with E-state index in [0.717, 1.165) is 10.0 Å². The Morgan fingerprint density at radius 2 is 2.20 bits per heavy atom. The van der Waals surface area contributed by atoms with E-state index in [1.807, 2.05) is 12.1 Å². The number of carboxylic acid groups (broad SMARTS) is 1. The Labute approximate surface area is 127 Å². The highest BCUT2D eigenvalue weighted by atomic mass is 79.9. The van der Waals surface area contributed by atoms with Gasteiger partial charge in [0.25, 0.3) is 0 Å². The summed E-state index contributed by atoms with van der Waals surface area (Å²) in [6.45, 7) is 2.39. The molecule has 4 nitrogen and oxygen atoms in total. The van der Waals surface area contributed by atoms with Gasteiger partial charge >= 0.3 is 5.97 Å². The summed E-state index contributed by atoms with van der Waals surface area (Å²) in [6, 6.07) is 3.77. The Bertz CT molecular complexity index is 497. The van der Waals surface area contributed by atoms with E-state index in [9.17, 15) is 4.79 Å². The molecule has 0 amide bonds. The second-order valence-corrected chi connectivity index (χ2v) is 6.16. The average molecular weight is 343 g/mol. The van der Waals surface area contributed by atoms with Crippen molar-refractivity contribution in [3.8, 4) is 11.5 Å². The standard InChI is InChI=1S/C15H19BrO4/c1-9(15(17)18)5-11-6-12(16)14(19-2)13(7-11)20-8-10-3-4-10/h6-7,9-10H,3-5,8H2,1-2H3,(H,17,18). The second kappa shape index (κ2) is 6.48. The van der Waals surface area contributed by atoms with Gasteiger partial charge in [-0.3, -0.25) is 4.79 Å². The predicted octanol–water partition coefficient (Wildman–Crippen LogP) is 3.51. The Hall–Kier alpha value is -1.23. The molecular weight excluding hydrogens is 324 g/mol. The lowest BCUT2D eigenvalue weighted by Gasteiger charge is -2.15. The number of rotatable bonds is 7. The zero-order valence-electron chi connectivity index (χ0n) is 11.7. The number of aliphatic carboxylic acids is 1. The summed E-state index contributed by atoms with van der Waals surface area (Å²) in [5.41, 5.74) is 0.929. The highest BCUT2D eigenvalue weighted by Crippen LogP contribution is 2.38. The minimum atomic E-state index is -0.794. The van der Waals surface area contributed by atoms with Crippen LogP contribution in [0.3, 0.4) is 0 Å². The average Bonchev–Trinajstić information content (AvgIpc) is 3.19. The molecule has 1 aromatic rings. The fourth-order valence-electron chi connectivity index (χ4n) is 1.98. The first-order valence-corrected chi connectivity index (χ1v) is 7.52. The molecule has 0 radical (unpaired) electrons. The van der Waals surface area contributed by atoms with Crippen LogP contribution in [0.1, 0.15) is 25.3 Å². The summed E-state index contributed by atoms with van der Waals surface area (Å²) in [5.74, 6) is 0.780. The molecule has 0 heterocycles. The van der Waals surface area contributed by atoms with Gasteiger partial charge in [0.05, 0.1) is 24.1 Å². The zero-order valence-corrected chi connectivity index (χ0v) is 13.3. The molecule has 1 aliphatic rings. The normalized spacial score (nSPS) is 15.8. The molecule has 5 heteroatoms. The summed E-state index contributed by atoms with van der Waals surface area (Å²) < 4.78 is 12.0. The molecular formula is C15H19BrO4. The quantitative estimate of drug-likeness (QED) is 0.823. The van der Waals surface area contributed by atoms with Gasteiger partial charge in [0.2, 0.25) is 0 Å². The fourth-order valence-corrected chi connectivity index (χ4v) is 2.63. The first kappa shape index (κ1) is 15.2. The van der Waals surface area contributed by atoms with E-state index >= 15 is 0 Å². The molecule has 1 aliphatic carbocycles. The van der Waals surface area contributed by atoms with E-state index in [1.165, 1.54) is 12.8 Å².